The lowest BCUT2D eigenvalue weighted by Crippen LogP contribution is -2.33. The van der Waals surface area contributed by atoms with E-state index in [1.54, 1.807) is 72.8 Å². The summed E-state index contributed by atoms with van der Waals surface area (Å²) in [5.74, 6) is -2.70. The Bertz CT molecular complexity index is 1570. The number of hydrogen-bond donors (Lipinski definition) is 3. The zero-order valence-electron chi connectivity index (χ0n) is 21.2. The Kier molecular flexibility index (Phi) is 9.01. The molecule has 0 spiro atoms. The third kappa shape index (κ3) is 7.62. The summed E-state index contributed by atoms with van der Waals surface area (Å²) in [6, 6.07) is 26.2. The second-order valence-electron chi connectivity index (χ2n) is 8.48. The molecule has 0 bridgehead atoms. The molecule has 0 unspecified atom stereocenters. The molecule has 0 fully saturated rings. The van der Waals surface area contributed by atoms with Crippen LogP contribution in [0.3, 0.4) is 0 Å². The maximum absolute atomic E-state index is 12.7. The van der Waals surface area contributed by atoms with Crippen LogP contribution < -0.4 is 20.8 Å². The van der Waals surface area contributed by atoms with Crippen LogP contribution in [0.4, 0.5) is 11.4 Å². The molecule has 0 aliphatic heterocycles. The molecule has 0 saturated carbocycles. The van der Waals surface area contributed by atoms with Gasteiger partial charge in [0, 0.05) is 10.7 Å². The van der Waals surface area contributed by atoms with Gasteiger partial charge in [-0.25, -0.2) is 10.2 Å². The van der Waals surface area contributed by atoms with E-state index in [1.807, 2.05) is 19.1 Å². The SMILES string of the molecule is Cc1ccc(NC(=O)c2ccccc2NC(=O)C(=O)N/N=C/c2ccc(OC(=O)c3ccc(Cl)cc3)cc2)cc1. The van der Waals surface area contributed by atoms with Gasteiger partial charge in [0.2, 0.25) is 0 Å². The van der Waals surface area contributed by atoms with Crippen LogP contribution in [-0.2, 0) is 9.59 Å². The molecule has 4 aromatic rings. The summed E-state index contributed by atoms with van der Waals surface area (Å²) in [6.07, 6.45) is 1.32. The summed E-state index contributed by atoms with van der Waals surface area (Å²) < 4.78 is 5.31. The van der Waals surface area contributed by atoms with Gasteiger partial charge in [0.25, 0.3) is 5.91 Å². The molecule has 3 amide bonds. The zero-order chi connectivity index (χ0) is 28.5. The van der Waals surface area contributed by atoms with Gasteiger partial charge in [0.15, 0.2) is 0 Å². The standard InChI is InChI=1S/C30H23ClN4O5/c1-19-6-14-23(15-7-19)33-27(36)25-4-2-3-5-26(25)34-28(37)29(38)35-32-18-20-8-16-24(17-9-20)40-30(39)21-10-12-22(31)13-11-21/h2-18H,1H3,(H,33,36)(H,34,37)(H,35,38)/b32-18+. The molecule has 0 aliphatic rings. The smallest absolute Gasteiger partial charge is 0.343 e. The van der Waals surface area contributed by atoms with E-state index in [4.69, 9.17) is 16.3 Å². The van der Waals surface area contributed by atoms with Crippen molar-refractivity contribution >= 4 is 52.9 Å². The number of rotatable bonds is 7. The van der Waals surface area contributed by atoms with Crippen molar-refractivity contribution < 1.29 is 23.9 Å². The highest BCUT2D eigenvalue weighted by molar-refractivity contribution is 6.40. The van der Waals surface area contributed by atoms with E-state index in [2.05, 4.69) is 21.2 Å². The van der Waals surface area contributed by atoms with Crippen LogP contribution in [0.2, 0.25) is 5.02 Å². The number of hydrazone groups is 1. The summed E-state index contributed by atoms with van der Waals surface area (Å²) in [5.41, 5.74) is 5.06. The molecule has 0 aromatic heterocycles. The summed E-state index contributed by atoms with van der Waals surface area (Å²) in [7, 11) is 0. The van der Waals surface area contributed by atoms with E-state index in [-0.39, 0.29) is 11.3 Å². The van der Waals surface area contributed by atoms with Crippen molar-refractivity contribution in [1.29, 1.82) is 0 Å². The van der Waals surface area contributed by atoms with Crippen LogP contribution in [0.1, 0.15) is 31.8 Å². The molecule has 0 heterocycles. The minimum Gasteiger partial charge on any atom is -0.423 e. The highest BCUT2D eigenvalue weighted by Crippen LogP contribution is 2.18. The van der Waals surface area contributed by atoms with E-state index < -0.39 is 23.7 Å². The van der Waals surface area contributed by atoms with Crippen molar-refractivity contribution in [3.8, 4) is 5.75 Å². The van der Waals surface area contributed by atoms with Crippen LogP contribution in [-0.4, -0.2) is 29.9 Å². The Balaban J connectivity index is 1.30. The van der Waals surface area contributed by atoms with Crippen LogP contribution in [0.25, 0.3) is 0 Å². The second-order valence-corrected chi connectivity index (χ2v) is 8.92. The number of para-hydroxylation sites is 1. The number of hydrogen-bond acceptors (Lipinski definition) is 6. The quantitative estimate of drug-likeness (QED) is 0.0950. The fourth-order valence-corrected chi connectivity index (χ4v) is 3.52. The van der Waals surface area contributed by atoms with E-state index >= 15 is 0 Å². The number of nitrogens with one attached hydrogen (secondary N) is 3. The molecular formula is C30H23ClN4O5. The molecular weight excluding hydrogens is 532 g/mol. The second kappa shape index (κ2) is 13.0. The van der Waals surface area contributed by atoms with Crippen LogP contribution >= 0.6 is 11.6 Å². The lowest BCUT2D eigenvalue weighted by Gasteiger charge is -2.11. The first-order chi connectivity index (χ1) is 19.3. The Morgan fingerprint density at radius 1 is 0.775 bits per heavy atom. The van der Waals surface area contributed by atoms with Gasteiger partial charge in [-0.2, -0.15) is 5.10 Å². The van der Waals surface area contributed by atoms with E-state index in [9.17, 15) is 19.2 Å². The van der Waals surface area contributed by atoms with E-state index in [1.165, 1.54) is 18.3 Å². The number of anilines is 2. The largest absolute Gasteiger partial charge is 0.423 e. The Hall–Kier alpha value is -5.28. The normalized spacial score (nSPS) is 10.6. The number of carbonyl (C=O) groups is 4. The van der Waals surface area contributed by atoms with E-state index in [0.717, 1.165) is 5.56 Å². The van der Waals surface area contributed by atoms with Gasteiger partial charge >= 0.3 is 17.8 Å². The van der Waals surface area contributed by atoms with Crippen molar-refractivity contribution in [2.24, 2.45) is 5.10 Å². The first-order valence-electron chi connectivity index (χ1n) is 12.0. The number of aryl methyl sites for hydroxylation is 1. The first kappa shape index (κ1) is 27.7. The highest BCUT2D eigenvalue weighted by Gasteiger charge is 2.18. The maximum atomic E-state index is 12.7. The number of ether oxygens (including phenoxy) is 1. The maximum Gasteiger partial charge on any atom is 0.343 e. The fourth-order valence-electron chi connectivity index (χ4n) is 3.39. The molecule has 4 rings (SSSR count). The predicted molar refractivity (Wildman–Crippen MR) is 153 cm³/mol. The lowest BCUT2D eigenvalue weighted by molar-refractivity contribution is -0.136. The van der Waals surface area contributed by atoms with Gasteiger partial charge in [-0.3, -0.25) is 14.4 Å². The van der Waals surface area contributed by atoms with Gasteiger partial charge in [-0.05, 0) is 85.3 Å². The Morgan fingerprint density at radius 3 is 2.15 bits per heavy atom. The highest BCUT2D eigenvalue weighted by atomic mass is 35.5. The third-order valence-electron chi connectivity index (χ3n) is 5.49. The lowest BCUT2D eigenvalue weighted by atomic mass is 10.1. The number of nitrogens with zero attached hydrogens (tertiary/aromatic N) is 1. The summed E-state index contributed by atoms with van der Waals surface area (Å²) in [5, 5.41) is 9.49. The summed E-state index contributed by atoms with van der Waals surface area (Å²) >= 11 is 5.83. The van der Waals surface area contributed by atoms with Gasteiger partial charge in [0.1, 0.15) is 5.75 Å². The van der Waals surface area contributed by atoms with Crippen molar-refractivity contribution in [3.05, 3.63) is 124 Å². The van der Waals surface area contributed by atoms with Crippen molar-refractivity contribution in [2.75, 3.05) is 10.6 Å². The molecule has 0 radical (unpaired) electrons. The van der Waals surface area contributed by atoms with Gasteiger partial charge in [0.05, 0.1) is 23.0 Å². The van der Waals surface area contributed by atoms with Crippen LogP contribution in [0, 0.1) is 6.92 Å². The van der Waals surface area contributed by atoms with Crippen molar-refractivity contribution in [3.63, 3.8) is 0 Å². The Labute approximate surface area is 234 Å². The zero-order valence-corrected chi connectivity index (χ0v) is 21.9. The monoisotopic (exact) mass is 554 g/mol. The number of esters is 1. The minimum absolute atomic E-state index is 0.167. The molecule has 4 aromatic carbocycles. The van der Waals surface area contributed by atoms with Gasteiger partial charge in [-0.1, -0.05) is 41.4 Å². The molecule has 200 valence electrons. The molecule has 0 saturated heterocycles. The van der Waals surface area contributed by atoms with Crippen molar-refractivity contribution in [2.45, 2.75) is 6.92 Å². The number of halogens is 1. The van der Waals surface area contributed by atoms with Crippen molar-refractivity contribution in [1.82, 2.24) is 5.43 Å². The molecule has 3 N–H and O–H groups in total. The minimum atomic E-state index is -1.03. The predicted octanol–water partition coefficient (Wildman–Crippen LogP) is 5.21. The third-order valence-corrected chi connectivity index (χ3v) is 5.74. The fraction of sp³-hybridized carbons (Fsp3) is 0.0333. The average molecular weight is 555 g/mol. The first-order valence-corrected chi connectivity index (χ1v) is 12.4. The molecule has 0 aliphatic carbocycles. The molecule has 9 nitrogen and oxygen atoms in total. The number of carbonyl (C=O) groups excluding carboxylic acids is 4. The molecule has 10 heteroatoms. The molecule has 40 heavy (non-hydrogen) atoms. The average Bonchev–Trinajstić information content (AvgIpc) is 2.95. The van der Waals surface area contributed by atoms with E-state index in [0.29, 0.717) is 27.6 Å². The summed E-state index contributed by atoms with van der Waals surface area (Å²) in [4.78, 5) is 49.6. The van der Waals surface area contributed by atoms with Gasteiger partial charge < -0.3 is 15.4 Å². The number of amides is 3. The molecule has 0 atom stereocenters. The van der Waals surface area contributed by atoms with Crippen LogP contribution in [0.15, 0.2) is 102 Å². The summed E-state index contributed by atoms with van der Waals surface area (Å²) in [6.45, 7) is 1.94. The van der Waals surface area contributed by atoms with Gasteiger partial charge in [-0.15, -0.1) is 0 Å². The van der Waals surface area contributed by atoms with Crippen LogP contribution in [0.5, 0.6) is 5.75 Å². The Morgan fingerprint density at radius 2 is 1.45 bits per heavy atom. The topological polar surface area (TPSA) is 126 Å². The number of benzene rings is 4.